The highest BCUT2D eigenvalue weighted by Crippen LogP contribution is 2.48. The predicted octanol–water partition coefficient (Wildman–Crippen LogP) is 16.9. The first-order valence-corrected chi connectivity index (χ1v) is 20.5. The van der Waals surface area contributed by atoms with Gasteiger partial charge in [-0.05, 0) is 121 Å². The van der Waals surface area contributed by atoms with Crippen LogP contribution in [-0.2, 0) is 0 Å². The zero-order chi connectivity index (χ0) is 37.8. The van der Waals surface area contributed by atoms with Crippen LogP contribution < -0.4 is 0 Å². The Kier molecular flexibility index (Phi) is 19.4. The van der Waals surface area contributed by atoms with Gasteiger partial charge in [-0.3, -0.25) is 0 Å². The van der Waals surface area contributed by atoms with E-state index >= 15 is 0 Å². The second kappa shape index (κ2) is 19.7. The number of allylic oxidation sites excluding steroid dienone is 5. The standard InChI is InChI=1S/C48H92/c1-21-23-24-25-27-39(5)40(6)42(34-48(19,20)36-46(15,16)32-38(4)30-44(10,11)12)28-41(26-22-2)33-47(17,18)35-45(13,14)31-37(3)29-43(7,8)9/h22,29-30,39-42H,2,21,23-28,31-36H2,1,3-20H3. The highest BCUT2D eigenvalue weighted by Gasteiger charge is 2.37. The summed E-state index contributed by atoms with van der Waals surface area (Å²) in [4.78, 5) is 0. The molecule has 4 unspecified atom stereocenters. The summed E-state index contributed by atoms with van der Waals surface area (Å²) in [6.07, 6.45) is 24.1. The van der Waals surface area contributed by atoms with Gasteiger partial charge in [-0.2, -0.15) is 0 Å². The molecule has 0 radical (unpaired) electrons. The summed E-state index contributed by atoms with van der Waals surface area (Å²) in [5.74, 6) is 2.96. The van der Waals surface area contributed by atoms with Gasteiger partial charge >= 0.3 is 0 Å². The van der Waals surface area contributed by atoms with Crippen LogP contribution in [0.1, 0.15) is 215 Å². The summed E-state index contributed by atoms with van der Waals surface area (Å²) in [6, 6.07) is 0. The molecular formula is C48H92. The molecule has 0 rings (SSSR count). The molecule has 0 nitrogen and oxygen atoms in total. The van der Waals surface area contributed by atoms with Gasteiger partial charge in [0.1, 0.15) is 0 Å². The van der Waals surface area contributed by atoms with E-state index in [9.17, 15) is 0 Å². The molecule has 284 valence electrons. The number of rotatable bonds is 23. The van der Waals surface area contributed by atoms with Gasteiger partial charge in [0.15, 0.2) is 0 Å². The molecule has 0 aromatic heterocycles. The Morgan fingerprint density at radius 2 is 1.04 bits per heavy atom. The van der Waals surface area contributed by atoms with E-state index in [1.807, 2.05) is 0 Å². The third kappa shape index (κ3) is 22.8. The second-order valence-corrected chi connectivity index (χ2v) is 22.6. The minimum atomic E-state index is 0.245. The highest BCUT2D eigenvalue weighted by atomic mass is 14.4. The van der Waals surface area contributed by atoms with Crippen molar-refractivity contribution in [3.63, 3.8) is 0 Å². The van der Waals surface area contributed by atoms with Crippen LogP contribution >= 0.6 is 0 Å². The Morgan fingerprint density at radius 3 is 1.44 bits per heavy atom. The van der Waals surface area contributed by atoms with Gasteiger partial charge in [0.2, 0.25) is 0 Å². The van der Waals surface area contributed by atoms with E-state index in [0.717, 1.165) is 24.2 Å². The third-order valence-corrected chi connectivity index (χ3v) is 10.7. The lowest BCUT2D eigenvalue weighted by atomic mass is 9.63. The van der Waals surface area contributed by atoms with Crippen molar-refractivity contribution in [3.05, 3.63) is 36.0 Å². The van der Waals surface area contributed by atoms with Gasteiger partial charge in [-0.1, -0.05) is 179 Å². The van der Waals surface area contributed by atoms with Crippen molar-refractivity contribution in [2.75, 3.05) is 0 Å². The fourth-order valence-corrected chi connectivity index (χ4v) is 10.5. The lowest BCUT2D eigenvalue weighted by molar-refractivity contribution is 0.0904. The maximum atomic E-state index is 4.29. The van der Waals surface area contributed by atoms with E-state index in [2.05, 4.69) is 156 Å². The summed E-state index contributed by atoms with van der Waals surface area (Å²) in [5, 5.41) is 0. The van der Waals surface area contributed by atoms with Gasteiger partial charge in [0.25, 0.3) is 0 Å². The molecule has 0 fully saturated rings. The molecule has 0 aromatic carbocycles. The molecule has 0 amide bonds. The van der Waals surface area contributed by atoms with E-state index in [4.69, 9.17) is 0 Å². The lowest BCUT2D eigenvalue weighted by Crippen LogP contribution is -2.32. The molecule has 48 heavy (non-hydrogen) atoms. The summed E-state index contributed by atoms with van der Waals surface area (Å²) in [5.41, 5.74) is 4.77. The second-order valence-electron chi connectivity index (χ2n) is 22.6. The topological polar surface area (TPSA) is 0 Å². The summed E-state index contributed by atoms with van der Waals surface area (Å²) in [7, 11) is 0. The highest BCUT2D eigenvalue weighted by molar-refractivity contribution is 5.08. The lowest BCUT2D eigenvalue weighted by Gasteiger charge is -2.42. The predicted molar refractivity (Wildman–Crippen MR) is 223 cm³/mol. The van der Waals surface area contributed by atoms with Crippen molar-refractivity contribution in [1.29, 1.82) is 0 Å². The molecular weight excluding hydrogens is 577 g/mol. The molecule has 0 aliphatic heterocycles. The third-order valence-electron chi connectivity index (χ3n) is 10.7. The molecule has 0 spiro atoms. The normalized spacial score (nSPS) is 17.3. The van der Waals surface area contributed by atoms with Crippen molar-refractivity contribution < 1.29 is 0 Å². The molecule has 0 aliphatic rings. The average Bonchev–Trinajstić information content (AvgIpc) is 2.80. The van der Waals surface area contributed by atoms with Crippen LogP contribution in [0.3, 0.4) is 0 Å². The summed E-state index contributed by atoms with van der Waals surface area (Å²) < 4.78 is 0. The monoisotopic (exact) mass is 669 g/mol. The first-order valence-electron chi connectivity index (χ1n) is 20.5. The van der Waals surface area contributed by atoms with Crippen molar-refractivity contribution >= 4 is 0 Å². The Labute approximate surface area is 306 Å². The van der Waals surface area contributed by atoms with Gasteiger partial charge < -0.3 is 0 Å². The number of hydrogen-bond acceptors (Lipinski definition) is 0. The molecule has 0 heteroatoms. The Hall–Kier alpha value is -0.780. The maximum absolute atomic E-state index is 4.29. The van der Waals surface area contributed by atoms with E-state index < -0.39 is 0 Å². The van der Waals surface area contributed by atoms with E-state index in [1.165, 1.54) is 77.0 Å². The van der Waals surface area contributed by atoms with Crippen LogP contribution in [-0.4, -0.2) is 0 Å². The van der Waals surface area contributed by atoms with E-state index in [1.54, 1.807) is 11.1 Å². The van der Waals surface area contributed by atoms with Gasteiger partial charge in [0.05, 0.1) is 0 Å². The van der Waals surface area contributed by atoms with Crippen molar-refractivity contribution in [3.8, 4) is 0 Å². The van der Waals surface area contributed by atoms with Crippen LogP contribution in [0, 0.1) is 56.2 Å². The SMILES string of the molecule is C=CCC(CC(CC(C)(C)CC(C)(C)CC(C)=CC(C)(C)C)C(C)C(C)CCCCCC)CC(C)(C)CC(C)(C)CC(C)=CC(C)(C)C. The van der Waals surface area contributed by atoms with Crippen molar-refractivity contribution in [2.45, 2.75) is 215 Å². The molecule has 0 saturated carbocycles. The number of unbranched alkanes of at least 4 members (excludes halogenated alkanes) is 3. The van der Waals surface area contributed by atoms with Crippen LogP contribution in [0.15, 0.2) is 36.0 Å². The van der Waals surface area contributed by atoms with Crippen LogP contribution in [0.25, 0.3) is 0 Å². The minimum Gasteiger partial charge on any atom is -0.103 e. The van der Waals surface area contributed by atoms with Crippen LogP contribution in [0.5, 0.6) is 0 Å². The largest absolute Gasteiger partial charge is 0.103 e. The van der Waals surface area contributed by atoms with Crippen LogP contribution in [0.2, 0.25) is 0 Å². The fourth-order valence-electron chi connectivity index (χ4n) is 10.5. The summed E-state index contributed by atoms with van der Waals surface area (Å²) >= 11 is 0. The van der Waals surface area contributed by atoms with Crippen LogP contribution in [0.4, 0.5) is 0 Å². The Balaban J connectivity index is 6.18. The maximum Gasteiger partial charge on any atom is -0.0201 e. The van der Waals surface area contributed by atoms with Gasteiger partial charge in [-0.15, -0.1) is 6.58 Å². The molecule has 0 bridgehead atoms. The Morgan fingerprint density at radius 1 is 0.604 bits per heavy atom. The Bertz CT molecular complexity index is 962. The smallest absolute Gasteiger partial charge is 0.0201 e. The summed E-state index contributed by atoms with van der Waals surface area (Å²) in [6.45, 7) is 50.8. The first-order chi connectivity index (χ1) is 21.5. The molecule has 0 N–H and O–H groups in total. The molecule has 4 atom stereocenters. The quantitative estimate of drug-likeness (QED) is 0.0751. The fraction of sp³-hybridized carbons (Fsp3) is 0.875. The average molecular weight is 669 g/mol. The zero-order valence-electron chi connectivity index (χ0n) is 36.9. The zero-order valence-corrected chi connectivity index (χ0v) is 36.9. The van der Waals surface area contributed by atoms with Crippen molar-refractivity contribution in [1.82, 2.24) is 0 Å². The van der Waals surface area contributed by atoms with Gasteiger partial charge in [-0.25, -0.2) is 0 Å². The van der Waals surface area contributed by atoms with Crippen molar-refractivity contribution in [2.24, 2.45) is 56.2 Å². The molecule has 0 heterocycles. The van der Waals surface area contributed by atoms with E-state index in [0.29, 0.717) is 27.6 Å². The minimum absolute atomic E-state index is 0.245. The van der Waals surface area contributed by atoms with Gasteiger partial charge in [0, 0.05) is 0 Å². The molecule has 0 saturated heterocycles. The first kappa shape index (κ1) is 47.2. The number of hydrogen-bond donors (Lipinski definition) is 0. The molecule has 0 aromatic rings. The van der Waals surface area contributed by atoms with E-state index in [-0.39, 0.29) is 10.8 Å². The molecule has 0 aliphatic carbocycles.